The van der Waals surface area contributed by atoms with Crippen molar-refractivity contribution < 1.29 is 13.9 Å². The zero-order chi connectivity index (χ0) is 13.7. The van der Waals surface area contributed by atoms with Gasteiger partial charge in [0.2, 0.25) is 0 Å². The summed E-state index contributed by atoms with van der Waals surface area (Å²) in [6, 6.07) is 3.45. The van der Waals surface area contributed by atoms with Crippen LogP contribution in [0.3, 0.4) is 0 Å². The summed E-state index contributed by atoms with van der Waals surface area (Å²) in [6.45, 7) is 3.68. The van der Waals surface area contributed by atoms with Crippen LogP contribution in [0.25, 0.3) is 0 Å². The molecule has 3 N–H and O–H groups in total. The fraction of sp³-hybridized carbons (Fsp3) is 0.571. The van der Waals surface area contributed by atoms with Crippen molar-refractivity contribution in [3.63, 3.8) is 0 Å². The Labute approximate surface area is 107 Å². The van der Waals surface area contributed by atoms with Crippen LogP contribution in [-0.4, -0.2) is 17.3 Å². The fourth-order valence-electron chi connectivity index (χ4n) is 2.16. The summed E-state index contributed by atoms with van der Waals surface area (Å²) in [6.07, 6.45) is 1.10. The smallest absolute Gasteiger partial charge is 0.129 e. The van der Waals surface area contributed by atoms with E-state index in [1.165, 1.54) is 18.2 Å². The van der Waals surface area contributed by atoms with Crippen molar-refractivity contribution in [2.75, 3.05) is 0 Å². The highest BCUT2D eigenvalue weighted by molar-refractivity contribution is 5.23. The number of benzene rings is 1. The molecule has 1 aromatic carbocycles. The highest BCUT2D eigenvalue weighted by Crippen LogP contribution is 2.27. The molecule has 1 aromatic rings. The molecule has 0 saturated heterocycles. The van der Waals surface area contributed by atoms with Gasteiger partial charge in [0.25, 0.3) is 0 Å². The molecule has 0 aromatic heterocycles. The van der Waals surface area contributed by atoms with E-state index < -0.39 is 23.7 Å². The number of aliphatic hydroxyl groups is 1. The van der Waals surface area contributed by atoms with E-state index in [0.717, 1.165) is 6.42 Å². The largest absolute Gasteiger partial charge is 0.391 e. The zero-order valence-electron chi connectivity index (χ0n) is 10.9. The van der Waals surface area contributed by atoms with Crippen molar-refractivity contribution in [2.24, 2.45) is 5.73 Å². The first-order valence-electron chi connectivity index (χ1n) is 6.34. The third-order valence-electron chi connectivity index (χ3n) is 3.20. The quantitative estimate of drug-likeness (QED) is 0.823. The van der Waals surface area contributed by atoms with E-state index >= 15 is 0 Å². The van der Waals surface area contributed by atoms with Gasteiger partial charge in [-0.3, -0.25) is 0 Å². The van der Waals surface area contributed by atoms with Gasteiger partial charge >= 0.3 is 0 Å². The summed E-state index contributed by atoms with van der Waals surface area (Å²) in [4.78, 5) is 0. The number of aliphatic hydroxyl groups excluding tert-OH is 1. The Morgan fingerprint density at radius 3 is 2.33 bits per heavy atom. The Morgan fingerprint density at radius 2 is 1.83 bits per heavy atom. The Kier molecular flexibility index (Phi) is 5.69. The van der Waals surface area contributed by atoms with E-state index in [-0.39, 0.29) is 18.0 Å². The summed E-state index contributed by atoms with van der Waals surface area (Å²) in [7, 11) is 0. The Bertz CT molecular complexity index is 364. The van der Waals surface area contributed by atoms with Crippen molar-refractivity contribution in [1.82, 2.24) is 0 Å². The van der Waals surface area contributed by atoms with E-state index in [1.807, 2.05) is 6.92 Å². The monoisotopic (exact) mass is 257 g/mol. The van der Waals surface area contributed by atoms with Crippen molar-refractivity contribution >= 4 is 0 Å². The van der Waals surface area contributed by atoms with Gasteiger partial charge in [-0.1, -0.05) is 26.3 Å². The van der Waals surface area contributed by atoms with Crippen LogP contribution in [0.4, 0.5) is 8.78 Å². The van der Waals surface area contributed by atoms with Gasteiger partial charge in [0.05, 0.1) is 6.10 Å². The molecule has 2 nitrogen and oxygen atoms in total. The first kappa shape index (κ1) is 15.1. The first-order valence-corrected chi connectivity index (χ1v) is 6.34. The Morgan fingerprint density at radius 1 is 1.28 bits per heavy atom. The van der Waals surface area contributed by atoms with Crippen LogP contribution in [0.5, 0.6) is 0 Å². The molecule has 0 aliphatic rings. The normalized spacial score (nSPS) is 16.3. The lowest BCUT2D eigenvalue weighted by Crippen LogP contribution is -2.35. The van der Waals surface area contributed by atoms with Crippen molar-refractivity contribution in [3.05, 3.63) is 35.4 Å². The Hall–Kier alpha value is -1.00. The highest BCUT2D eigenvalue weighted by atomic mass is 19.1. The lowest BCUT2D eigenvalue weighted by Gasteiger charge is -2.22. The van der Waals surface area contributed by atoms with Crippen molar-refractivity contribution in [3.8, 4) is 0 Å². The minimum absolute atomic E-state index is 0.0280. The topological polar surface area (TPSA) is 46.2 Å². The second-order valence-electron chi connectivity index (χ2n) is 4.79. The molecular weight excluding hydrogens is 236 g/mol. The molecule has 3 atom stereocenters. The van der Waals surface area contributed by atoms with Gasteiger partial charge in [-0.2, -0.15) is 0 Å². The molecule has 0 radical (unpaired) electrons. The van der Waals surface area contributed by atoms with Crippen LogP contribution in [0, 0.1) is 11.6 Å². The summed E-state index contributed by atoms with van der Waals surface area (Å²) >= 11 is 0. The second-order valence-corrected chi connectivity index (χ2v) is 4.79. The van der Waals surface area contributed by atoms with Crippen molar-refractivity contribution in [2.45, 2.75) is 51.2 Å². The average molecular weight is 257 g/mol. The van der Waals surface area contributed by atoms with Gasteiger partial charge in [0, 0.05) is 11.6 Å². The van der Waals surface area contributed by atoms with E-state index in [0.29, 0.717) is 6.42 Å². The van der Waals surface area contributed by atoms with Crippen LogP contribution in [0.1, 0.15) is 44.6 Å². The maximum absolute atomic E-state index is 13.5. The number of rotatable bonds is 6. The first-order chi connectivity index (χ1) is 8.47. The summed E-state index contributed by atoms with van der Waals surface area (Å²) in [5.41, 5.74) is 5.82. The predicted octanol–water partition coefficient (Wildman–Crippen LogP) is 2.95. The highest BCUT2D eigenvalue weighted by Gasteiger charge is 2.22. The van der Waals surface area contributed by atoms with Crippen molar-refractivity contribution in [1.29, 1.82) is 0 Å². The zero-order valence-corrected chi connectivity index (χ0v) is 10.9. The molecule has 18 heavy (non-hydrogen) atoms. The van der Waals surface area contributed by atoms with Gasteiger partial charge in [0.1, 0.15) is 11.6 Å². The van der Waals surface area contributed by atoms with Crippen LogP contribution >= 0.6 is 0 Å². The molecule has 0 heterocycles. The minimum Gasteiger partial charge on any atom is -0.391 e. The molecule has 0 amide bonds. The number of hydrogen-bond donors (Lipinski definition) is 2. The van der Waals surface area contributed by atoms with E-state index in [4.69, 9.17) is 5.73 Å². The average Bonchev–Trinajstić information content (AvgIpc) is 2.28. The molecule has 0 aliphatic carbocycles. The van der Waals surface area contributed by atoms with Gasteiger partial charge in [-0.05, 0) is 30.9 Å². The molecule has 0 spiro atoms. The number of nitrogens with two attached hydrogens (primary N) is 1. The number of hydrogen-bond acceptors (Lipinski definition) is 2. The van der Waals surface area contributed by atoms with Gasteiger partial charge in [-0.15, -0.1) is 0 Å². The molecule has 3 unspecified atom stereocenters. The summed E-state index contributed by atoms with van der Waals surface area (Å²) in [5, 5.41) is 9.89. The van der Waals surface area contributed by atoms with Crippen LogP contribution in [0.2, 0.25) is 0 Å². The van der Waals surface area contributed by atoms with Gasteiger partial charge in [-0.25, -0.2) is 8.78 Å². The van der Waals surface area contributed by atoms with E-state index in [9.17, 15) is 13.9 Å². The Balaban J connectivity index is 2.73. The third-order valence-corrected chi connectivity index (χ3v) is 3.20. The molecule has 0 bridgehead atoms. The van der Waals surface area contributed by atoms with E-state index in [2.05, 4.69) is 0 Å². The molecule has 4 heteroatoms. The van der Waals surface area contributed by atoms with Crippen LogP contribution in [-0.2, 0) is 0 Å². The maximum atomic E-state index is 13.5. The van der Waals surface area contributed by atoms with Crippen LogP contribution in [0.15, 0.2) is 18.2 Å². The maximum Gasteiger partial charge on any atom is 0.129 e. The third kappa shape index (κ3) is 3.75. The lowest BCUT2D eigenvalue weighted by atomic mass is 9.90. The molecule has 0 fully saturated rings. The molecule has 0 aliphatic heterocycles. The molecule has 1 rings (SSSR count). The molecule has 0 saturated carbocycles. The molecule has 102 valence electrons. The fourth-order valence-corrected chi connectivity index (χ4v) is 2.16. The van der Waals surface area contributed by atoms with E-state index in [1.54, 1.807) is 6.92 Å². The van der Waals surface area contributed by atoms with Gasteiger partial charge in [0.15, 0.2) is 0 Å². The summed E-state index contributed by atoms with van der Waals surface area (Å²) < 4.78 is 27.1. The summed E-state index contributed by atoms with van der Waals surface area (Å²) in [5.74, 6) is -1.54. The minimum atomic E-state index is -0.737. The standard InChI is InChI=1S/C14H21F2NO/c1-3-5-12(17)13(18)8-9(2)14-10(15)6-4-7-11(14)16/h4,6-7,9,12-13,18H,3,5,8,17H2,1-2H3. The van der Waals surface area contributed by atoms with Crippen LogP contribution < -0.4 is 5.73 Å². The molecular formula is C14H21F2NO. The van der Waals surface area contributed by atoms with Gasteiger partial charge < -0.3 is 10.8 Å². The number of halogens is 2. The predicted molar refractivity (Wildman–Crippen MR) is 68.3 cm³/mol. The second kappa shape index (κ2) is 6.81. The SMILES string of the molecule is CCCC(N)C(O)CC(C)c1c(F)cccc1F. The lowest BCUT2D eigenvalue weighted by molar-refractivity contribution is 0.123.